The van der Waals surface area contributed by atoms with Crippen molar-refractivity contribution in [1.29, 1.82) is 0 Å². The van der Waals surface area contributed by atoms with Gasteiger partial charge in [0.2, 0.25) is 0 Å². The average molecular weight is 262 g/mol. The molecule has 0 aliphatic carbocycles. The van der Waals surface area contributed by atoms with Gasteiger partial charge in [-0.3, -0.25) is 0 Å². The number of allylic oxidation sites excluding steroid dienone is 3. The van der Waals surface area contributed by atoms with Gasteiger partial charge in [0, 0.05) is 0 Å². The third-order valence-corrected chi connectivity index (χ3v) is 3.51. The lowest BCUT2D eigenvalue weighted by Crippen LogP contribution is -1.93. The Kier molecular flexibility index (Phi) is 5.85. The molecule has 0 nitrogen and oxygen atoms in total. The van der Waals surface area contributed by atoms with Crippen LogP contribution in [0, 0.1) is 0 Å². The zero-order valence-electron chi connectivity index (χ0n) is 12.0. The Bertz CT molecular complexity index is 489. The molecule has 20 heavy (non-hydrogen) atoms. The second-order valence-corrected chi connectivity index (χ2v) is 5.03. The van der Waals surface area contributed by atoms with Crippen LogP contribution in [-0.4, -0.2) is 0 Å². The van der Waals surface area contributed by atoms with Gasteiger partial charge in [0.1, 0.15) is 0 Å². The predicted octanol–water partition coefficient (Wildman–Crippen LogP) is 5.36. The lowest BCUT2D eigenvalue weighted by Gasteiger charge is -2.08. The van der Waals surface area contributed by atoms with E-state index in [1.54, 1.807) is 0 Å². The highest BCUT2D eigenvalue weighted by Crippen LogP contribution is 2.15. The Morgan fingerprint density at radius 2 is 1.20 bits per heavy atom. The Morgan fingerprint density at radius 1 is 0.750 bits per heavy atom. The van der Waals surface area contributed by atoms with E-state index in [-0.39, 0.29) is 0 Å². The van der Waals surface area contributed by atoms with Crippen molar-refractivity contribution in [2.45, 2.75) is 25.7 Å². The van der Waals surface area contributed by atoms with Gasteiger partial charge in [0.05, 0.1) is 0 Å². The maximum absolute atomic E-state index is 3.83. The van der Waals surface area contributed by atoms with Crippen molar-refractivity contribution < 1.29 is 0 Å². The molecule has 0 unspecified atom stereocenters. The number of benzene rings is 2. The molecule has 0 fully saturated rings. The fourth-order valence-electron chi connectivity index (χ4n) is 2.36. The van der Waals surface area contributed by atoms with Crippen molar-refractivity contribution in [2.75, 3.05) is 0 Å². The summed E-state index contributed by atoms with van der Waals surface area (Å²) in [6, 6.07) is 21.4. The van der Waals surface area contributed by atoms with Crippen molar-refractivity contribution in [1.82, 2.24) is 0 Å². The number of rotatable bonds is 7. The summed E-state index contributed by atoms with van der Waals surface area (Å²) in [7, 11) is 0. The van der Waals surface area contributed by atoms with E-state index in [4.69, 9.17) is 0 Å². The Hall–Kier alpha value is -2.08. The van der Waals surface area contributed by atoms with Crippen LogP contribution < -0.4 is 0 Å². The first-order valence-corrected chi connectivity index (χ1v) is 7.27. The van der Waals surface area contributed by atoms with Crippen LogP contribution in [0.5, 0.6) is 0 Å². The van der Waals surface area contributed by atoms with Gasteiger partial charge in [0.25, 0.3) is 0 Å². The van der Waals surface area contributed by atoms with E-state index in [2.05, 4.69) is 73.3 Å². The molecule has 0 heteroatoms. The molecular formula is C20H22. The first-order valence-electron chi connectivity index (χ1n) is 7.27. The number of hydrogen-bond acceptors (Lipinski definition) is 0. The van der Waals surface area contributed by atoms with E-state index in [1.165, 1.54) is 16.7 Å². The summed E-state index contributed by atoms with van der Waals surface area (Å²) >= 11 is 0. The van der Waals surface area contributed by atoms with Crippen LogP contribution in [0.1, 0.15) is 24.0 Å². The summed E-state index contributed by atoms with van der Waals surface area (Å²) in [5.41, 5.74) is 4.29. The van der Waals surface area contributed by atoms with Crippen molar-refractivity contribution in [2.24, 2.45) is 0 Å². The van der Waals surface area contributed by atoms with E-state index in [1.807, 2.05) is 6.08 Å². The number of aryl methyl sites for hydroxylation is 2. The van der Waals surface area contributed by atoms with E-state index in [0.29, 0.717) is 0 Å². The summed E-state index contributed by atoms with van der Waals surface area (Å²) in [6.45, 7) is 3.83. The fraction of sp³-hybridized carbons (Fsp3) is 0.200. The highest BCUT2D eigenvalue weighted by molar-refractivity contribution is 5.20. The molecule has 2 rings (SSSR count). The van der Waals surface area contributed by atoms with Crippen LogP contribution in [0.15, 0.2) is 85.0 Å². The van der Waals surface area contributed by atoms with Crippen molar-refractivity contribution in [3.63, 3.8) is 0 Å². The van der Waals surface area contributed by atoms with Gasteiger partial charge >= 0.3 is 0 Å². The van der Waals surface area contributed by atoms with Gasteiger partial charge in [0.15, 0.2) is 0 Å². The minimum atomic E-state index is 1.11. The van der Waals surface area contributed by atoms with Crippen LogP contribution in [0.4, 0.5) is 0 Å². The molecule has 0 saturated heterocycles. The Morgan fingerprint density at radius 3 is 1.60 bits per heavy atom. The minimum absolute atomic E-state index is 1.11. The molecule has 102 valence electrons. The van der Waals surface area contributed by atoms with E-state index >= 15 is 0 Å². The summed E-state index contributed by atoms with van der Waals surface area (Å²) in [5.74, 6) is 0. The predicted molar refractivity (Wildman–Crippen MR) is 87.8 cm³/mol. The van der Waals surface area contributed by atoms with Gasteiger partial charge in [-0.15, -0.1) is 0 Å². The quantitative estimate of drug-likeness (QED) is 0.589. The van der Waals surface area contributed by atoms with Crippen molar-refractivity contribution in [3.8, 4) is 0 Å². The maximum Gasteiger partial charge on any atom is -0.0241 e. The second kappa shape index (κ2) is 8.16. The van der Waals surface area contributed by atoms with Crippen LogP contribution in [0.25, 0.3) is 0 Å². The average Bonchev–Trinajstić information content (AvgIpc) is 2.52. The molecule has 0 saturated carbocycles. The molecule has 0 heterocycles. The molecule has 0 atom stereocenters. The van der Waals surface area contributed by atoms with Crippen molar-refractivity contribution in [3.05, 3.63) is 96.1 Å². The van der Waals surface area contributed by atoms with Crippen LogP contribution in [0.2, 0.25) is 0 Å². The molecule has 0 spiro atoms. The second-order valence-electron chi connectivity index (χ2n) is 5.03. The van der Waals surface area contributed by atoms with E-state index < -0.39 is 0 Å². The summed E-state index contributed by atoms with van der Waals surface area (Å²) in [5, 5.41) is 0. The highest BCUT2D eigenvalue weighted by atomic mass is 14.1. The third kappa shape index (κ3) is 4.89. The van der Waals surface area contributed by atoms with Crippen molar-refractivity contribution >= 4 is 0 Å². The van der Waals surface area contributed by atoms with E-state index in [0.717, 1.165) is 25.7 Å². The SMILES string of the molecule is C=CC=C(CCc1ccccc1)CCc1ccccc1. The number of hydrogen-bond donors (Lipinski definition) is 0. The summed E-state index contributed by atoms with van der Waals surface area (Å²) in [6.07, 6.45) is 8.52. The van der Waals surface area contributed by atoms with Crippen LogP contribution >= 0.6 is 0 Å². The first kappa shape index (κ1) is 14.3. The van der Waals surface area contributed by atoms with Gasteiger partial charge < -0.3 is 0 Å². The lowest BCUT2D eigenvalue weighted by molar-refractivity contribution is 0.835. The van der Waals surface area contributed by atoms with Gasteiger partial charge in [-0.2, -0.15) is 0 Å². The molecule has 0 radical (unpaired) electrons. The topological polar surface area (TPSA) is 0 Å². The van der Waals surface area contributed by atoms with Crippen LogP contribution in [-0.2, 0) is 12.8 Å². The molecule has 2 aromatic carbocycles. The van der Waals surface area contributed by atoms with Gasteiger partial charge in [-0.25, -0.2) is 0 Å². The zero-order valence-corrected chi connectivity index (χ0v) is 12.0. The molecule has 0 bridgehead atoms. The Balaban J connectivity index is 1.88. The monoisotopic (exact) mass is 262 g/mol. The third-order valence-electron chi connectivity index (χ3n) is 3.51. The maximum atomic E-state index is 3.83. The molecular weight excluding hydrogens is 240 g/mol. The molecule has 0 amide bonds. The summed E-state index contributed by atoms with van der Waals surface area (Å²) < 4.78 is 0. The minimum Gasteiger partial charge on any atom is -0.0991 e. The van der Waals surface area contributed by atoms with Gasteiger partial charge in [-0.05, 0) is 36.8 Å². The molecule has 2 aromatic rings. The molecule has 0 aromatic heterocycles. The Labute approximate surface area is 122 Å². The fourth-order valence-corrected chi connectivity index (χ4v) is 2.36. The molecule has 0 aliphatic rings. The largest absolute Gasteiger partial charge is 0.0991 e. The lowest BCUT2D eigenvalue weighted by atomic mass is 9.98. The molecule has 0 N–H and O–H groups in total. The standard InChI is InChI=1S/C20H22/c1-2-9-18(14-16-19-10-5-3-6-11-19)15-17-20-12-7-4-8-13-20/h2-13H,1,14-17H2. The smallest absolute Gasteiger partial charge is 0.0241 e. The van der Waals surface area contributed by atoms with Crippen LogP contribution in [0.3, 0.4) is 0 Å². The zero-order chi connectivity index (χ0) is 14.0. The summed E-state index contributed by atoms with van der Waals surface area (Å²) in [4.78, 5) is 0. The normalized spacial score (nSPS) is 10.0. The van der Waals surface area contributed by atoms with Gasteiger partial charge in [-0.1, -0.05) is 85.0 Å². The van der Waals surface area contributed by atoms with E-state index in [9.17, 15) is 0 Å². The first-order chi connectivity index (χ1) is 9.88. The highest BCUT2D eigenvalue weighted by Gasteiger charge is 2.00. The molecule has 0 aliphatic heterocycles.